The Morgan fingerprint density at radius 1 is 1.11 bits per heavy atom. The number of anilines is 1. The Balaban J connectivity index is 2.76. The minimum Gasteiger partial charge on any atom is -0.459 e. The van der Waals surface area contributed by atoms with Gasteiger partial charge >= 0.3 is 12.1 Å². The van der Waals surface area contributed by atoms with Crippen molar-refractivity contribution >= 4 is 17.6 Å². The molecule has 1 aromatic carbocycles. The first-order chi connectivity index (χ1) is 12.8. The second-order valence-corrected chi connectivity index (χ2v) is 7.64. The number of carbonyl (C=O) groups is 2. The second kappa shape index (κ2) is 9.77. The largest absolute Gasteiger partial charge is 0.459 e. The monoisotopic (exact) mass is 403 g/mol. The van der Waals surface area contributed by atoms with Crippen LogP contribution in [-0.4, -0.2) is 67.6 Å². The van der Waals surface area contributed by atoms with Gasteiger partial charge in [-0.25, -0.2) is 0 Å². The van der Waals surface area contributed by atoms with Gasteiger partial charge in [-0.1, -0.05) is 6.07 Å². The lowest BCUT2D eigenvalue weighted by atomic mass is 10.2. The number of rotatable bonds is 8. The fraction of sp³-hybridized carbons (Fsp3) is 0.579. The quantitative estimate of drug-likeness (QED) is 0.677. The molecule has 0 aliphatic rings. The molecular formula is C19H28F3N3O3. The zero-order valence-corrected chi connectivity index (χ0v) is 16.9. The van der Waals surface area contributed by atoms with E-state index in [0.29, 0.717) is 6.54 Å². The Kier molecular flexibility index (Phi) is 8.29. The van der Waals surface area contributed by atoms with E-state index < -0.39 is 29.2 Å². The molecule has 1 N–H and O–H groups in total. The molecule has 28 heavy (non-hydrogen) atoms. The molecule has 1 amide bonds. The van der Waals surface area contributed by atoms with Crippen molar-refractivity contribution in [2.24, 2.45) is 0 Å². The van der Waals surface area contributed by atoms with E-state index in [0.717, 1.165) is 12.1 Å². The number of nitrogens with zero attached hydrogens (tertiary/aromatic N) is 2. The fourth-order valence-electron chi connectivity index (χ4n) is 2.24. The molecule has 0 heterocycles. The molecule has 6 nitrogen and oxygen atoms in total. The van der Waals surface area contributed by atoms with E-state index >= 15 is 0 Å². The Hall–Kier alpha value is -2.29. The molecule has 0 aromatic heterocycles. The first kappa shape index (κ1) is 23.7. The van der Waals surface area contributed by atoms with Gasteiger partial charge in [-0.15, -0.1) is 0 Å². The number of amides is 1. The number of carbonyl (C=O) groups excluding carboxylic acids is 2. The van der Waals surface area contributed by atoms with Crippen LogP contribution in [0.1, 0.15) is 26.3 Å². The highest BCUT2D eigenvalue weighted by Crippen LogP contribution is 2.30. The summed E-state index contributed by atoms with van der Waals surface area (Å²) in [7, 11) is 3.66. The first-order valence-corrected chi connectivity index (χ1v) is 8.83. The van der Waals surface area contributed by atoms with Crippen molar-refractivity contribution < 1.29 is 27.5 Å². The summed E-state index contributed by atoms with van der Waals surface area (Å²) < 4.78 is 43.6. The predicted molar refractivity (Wildman–Crippen MR) is 101 cm³/mol. The minimum absolute atomic E-state index is 0.174. The van der Waals surface area contributed by atoms with Crippen LogP contribution >= 0.6 is 0 Å². The summed E-state index contributed by atoms with van der Waals surface area (Å²) in [6, 6.07) is 4.60. The van der Waals surface area contributed by atoms with E-state index in [-0.39, 0.29) is 25.3 Å². The van der Waals surface area contributed by atoms with Crippen LogP contribution < -0.4 is 5.32 Å². The minimum atomic E-state index is -4.46. The topological polar surface area (TPSA) is 61.9 Å². The van der Waals surface area contributed by atoms with Crippen LogP contribution in [0.3, 0.4) is 0 Å². The van der Waals surface area contributed by atoms with Gasteiger partial charge < -0.3 is 19.9 Å². The molecule has 1 aromatic rings. The van der Waals surface area contributed by atoms with Crippen LogP contribution in [-0.2, 0) is 20.5 Å². The summed E-state index contributed by atoms with van der Waals surface area (Å²) >= 11 is 0. The van der Waals surface area contributed by atoms with E-state index in [1.807, 2.05) is 19.0 Å². The van der Waals surface area contributed by atoms with Gasteiger partial charge in [0.2, 0.25) is 5.91 Å². The molecule has 0 unspecified atom stereocenters. The lowest BCUT2D eigenvalue weighted by Gasteiger charge is -2.26. The average molecular weight is 403 g/mol. The molecule has 158 valence electrons. The lowest BCUT2D eigenvalue weighted by Crippen LogP contribution is -2.44. The van der Waals surface area contributed by atoms with E-state index in [2.05, 4.69) is 5.32 Å². The van der Waals surface area contributed by atoms with Crippen LogP contribution in [0.4, 0.5) is 18.9 Å². The van der Waals surface area contributed by atoms with Crippen molar-refractivity contribution in [2.45, 2.75) is 32.5 Å². The van der Waals surface area contributed by atoms with Crippen LogP contribution in [0.5, 0.6) is 0 Å². The molecule has 0 atom stereocenters. The molecule has 0 aliphatic heterocycles. The summed E-state index contributed by atoms with van der Waals surface area (Å²) in [6.07, 6.45) is -4.46. The second-order valence-electron chi connectivity index (χ2n) is 7.64. The highest BCUT2D eigenvalue weighted by atomic mass is 19.4. The summed E-state index contributed by atoms with van der Waals surface area (Å²) in [5, 5.41) is 2.69. The van der Waals surface area contributed by atoms with Crippen LogP contribution in [0.2, 0.25) is 0 Å². The number of benzene rings is 1. The van der Waals surface area contributed by atoms with Gasteiger partial charge in [0.25, 0.3) is 0 Å². The number of alkyl halides is 3. The fourth-order valence-corrected chi connectivity index (χ4v) is 2.24. The first-order valence-electron chi connectivity index (χ1n) is 8.83. The van der Waals surface area contributed by atoms with Crippen molar-refractivity contribution in [1.29, 1.82) is 0 Å². The smallest absolute Gasteiger partial charge is 0.416 e. The van der Waals surface area contributed by atoms with Gasteiger partial charge in [-0.3, -0.25) is 9.59 Å². The average Bonchev–Trinajstić information content (AvgIpc) is 2.54. The number of hydrogen-bond acceptors (Lipinski definition) is 5. The highest BCUT2D eigenvalue weighted by Gasteiger charge is 2.30. The maximum absolute atomic E-state index is 12.8. The van der Waals surface area contributed by atoms with E-state index in [1.54, 1.807) is 20.8 Å². The van der Waals surface area contributed by atoms with Gasteiger partial charge in [-0.2, -0.15) is 13.2 Å². The van der Waals surface area contributed by atoms with Crippen molar-refractivity contribution in [1.82, 2.24) is 9.80 Å². The van der Waals surface area contributed by atoms with Crippen molar-refractivity contribution in [2.75, 3.05) is 45.6 Å². The lowest BCUT2D eigenvalue weighted by molar-refractivity contribution is -0.158. The van der Waals surface area contributed by atoms with Crippen LogP contribution in [0.15, 0.2) is 24.3 Å². The SMILES string of the molecule is CN(C)CCN(CC(=O)OC(C)(C)C)C(=O)CNc1cccc(C(F)(F)F)c1. The standard InChI is InChI=1S/C19H28F3N3O3/c1-18(2,3)28-17(27)13-25(10-9-24(4)5)16(26)12-23-15-8-6-7-14(11-15)19(20,21)22/h6-8,11,23H,9-10,12-13H2,1-5H3. The van der Waals surface area contributed by atoms with Gasteiger partial charge in [0.1, 0.15) is 12.1 Å². The molecule has 0 radical (unpaired) electrons. The molecule has 0 bridgehead atoms. The predicted octanol–water partition coefficient (Wildman–Crippen LogP) is 2.85. The zero-order chi connectivity index (χ0) is 21.5. The summed E-state index contributed by atoms with van der Waals surface area (Å²) in [5.74, 6) is -0.955. The van der Waals surface area contributed by atoms with Crippen molar-refractivity contribution in [3.63, 3.8) is 0 Å². The zero-order valence-electron chi connectivity index (χ0n) is 16.9. The maximum Gasteiger partial charge on any atom is 0.416 e. The van der Waals surface area contributed by atoms with Crippen LogP contribution in [0, 0.1) is 0 Å². The highest BCUT2D eigenvalue weighted by molar-refractivity contribution is 5.85. The third kappa shape index (κ3) is 9.07. The van der Waals surface area contributed by atoms with Gasteiger partial charge in [0.05, 0.1) is 12.1 Å². The van der Waals surface area contributed by atoms with Crippen molar-refractivity contribution in [3.8, 4) is 0 Å². The Bertz CT molecular complexity index is 670. The number of esters is 1. The summed E-state index contributed by atoms with van der Waals surface area (Å²) in [6.45, 7) is 5.53. The summed E-state index contributed by atoms with van der Waals surface area (Å²) in [4.78, 5) is 27.8. The number of halogens is 3. The molecule has 0 fully saturated rings. The van der Waals surface area contributed by atoms with Gasteiger partial charge in [0.15, 0.2) is 0 Å². The molecular weight excluding hydrogens is 375 g/mol. The Labute approximate surface area is 163 Å². The molecule has 0 saturated carbocycles. The summed E-state index contributed by atoms with van der Waals surface area (Å²) in [5.41, 5.74) is -1.31. The number of likely N-dealkylation sites (N-methyl/N-ethyl adjacent to an activating group) is 1. The normalized spacial score (nSPS) is 12.0. The molecule has 0 saturated heterocycles. The van der Waals surface area contributed by atoms with Gasteiger partial charge in [0, 0.05) is 18.8 Å². The van der Waals surface area contributed by atoms with Crippen molar-refractivity contribution in [3.05, 3.63) is 29.8 Å². The Morgan fingerprint density at radius 3 is 2.29 bits per heavy atom. The third-order valence-corrected chi connectivity index (χ3v) is 3.54. The molecule has 0 aliphatic carbocycles. The third-order valence-electron chi connectivity index (χ3n) is 3.54. The number of hydrogen-bond donors (Lipinski definition) is 1. The molecule has 0 spiro atoms. The molecule has 9 heteroatoms. The van der Waals surface area contributed by atoms with E-state index in [4.69, 9.17) is 4.74 Å². The number of nitrogens with one attached hydrogen (secondary N) is 1. The maximum atomic E-state index is 12.8. The van der Waals surface area contributed by atoms with E-state index in [1.165, 1.54) is 17.0 Å². The molecule has 1 rings (SSSR count). The van der Waals surface area contributed by atoms with Gasteiger partial charge in [-0.05, 0) is 53.1 Å². The van der Waals surface area contributed by atoms with Crippen LogP contribution in [0.25, 0.3) is 0 Å². The number of ether oxygens (including phenoxy) is 1. The van der Waals surface area contributed by atoms with E-state index in [9.17, 15) is 22.8 Å². The Morgan fingerprint density at radius 2 is 1.75 bits per heavy atom.